The molecule has 0 spiro atoms. The van der Waals surface area contributed by atoms with Crippen LogP contribution >= 0.6 is 0 Å². The second-order valence-corrected chi connectivity index (χ2v) is 6.48. The molecule has 0 unspecified atom stereocenters. The molecule has 0 N–H and O–H groups in total. The van der Waals surface area contributed by atoms with Gasteiger partial charge in [-0.2, -0.15) is 0 Å². The Bertz CT molecular complexity index is 644. The first-order chi connectivity index (χ1) is 11.0. The van der Waals surface area contributed by atoms with E-state index in [4.69, 9.17) is 0 Å². The van der Waals surface area contributed by atoms with Crippen LogP contribution in [0, 0.1) is 13.8 Å². The van der Waals surface area contributed by atoms with Crippen molar-refractivity contribution in [2.75, 3.05) is 13.1 Å². The molecule has 0 aromatic heterocycles. The van der Waals surface area contributed by atoms with Gasteiger partial charge in [0.1, 0.15) is 0 Å². The van der Waals surface area contributed by atoms with Gasteiger partial charge in [0.25, 0.3) is 5.91 Å². The van der Waals surface area contributed by atoms with E-state index in [2.05, 4.69) is 0 Å². The van der Waals surface area contributed by atoms with Crippen LogP contribution in [-0.4, -0.2) is 46.7 Å². The Morgan fingerprint density at radius 1 is 1.00 bits per heavy atom. The highest BCUT2D eigenvalue weighted by molar-refractivity contribution is 6.02. The quantitative estimate of drug-likeness (QED) is 0.785. The van der Waals surface area contributed by atoms with Crippen LogP contribution in [0.2, 0.25) is 0 Å². The van der Waals surface area contributed by atoms with Crippen molar-refractivity contribution in [1.82, 2.24) is 9.80 Å². The van der Waals surface area contributed by atoms with E-state index >= 15 is 0 Å². The molecule has 0 radical (unpaired) electrons. The fourth-order valence-corrected chi connectivity index (χ4v) is 3.39. The molecule has 122 valence electrons. The lowest BCUT2D eigenvalue weighted by Crippen LogP contribution is -2.48. The number of hydrogen-bond acceptors (Lipinski definition) is 3. The molecule has 2 saturated heterocycles. The van der Waals surface area contributed by atoms with E-state index in [0.29, 0.717) is 44.3 Å². The van der Waals surface area contributed by atoms with Gasteiger partial charge in [0.05, 0.1) is 0 Å². The maximum absolute atomic E-state index is 12.6. The number of amides is 3. The fourth-order valence-electron chi connectivity index (χ4n) is 3.39. The zero-order valence-corrected chi connectivity index (χ0v) is 13.7. The topological polar surface area (TPSA) is 57.7 Å². The zero-order valence-electron chi connectivity index (χ0n) is 13.7. The van der Waals surface area contributed by atoms with E-state index in [1.807, 2.05) is 36.9 Å². The molecule has 0 bridgehead atoms. The molecule has 5 nitrogen and oxygen atoms in total. The molecule has 2 aliphatic heterocycles. The van der Waals surface area contributed by atoms with Gasteiger partial charge in [0, 0.05) is 37.5 Å². The average molecular weight is 314 g/mol. The van der Waals surface area contributed by atoms with Crippen LogP contribution in [0.3, 0.4) is 0 Å². The molecule has 1 aromatic carbocycles. The predicted molar refractivity (Wildman–Crippen MR) is 85.9 cm³/mol. The summed E-state index contributed by atoms with van der Waals surface area (Å²) >= 11 is 0. The first kappa shape index (κ1) is 15.7. The number of carbonyl (C=O) groups is 3. The minimum atomic E-state index is -0.0612. The van der Waals surface area contributed by atoms with Gasteiger partial charge >= 0.3 is 0 Å². The predicted octanol–water partition coefficient (Wildman–Crippen LogP) is 2.06. The maximum atomic E-state index is 12.6. The van der Waals surface area contributed by atoms with Gasteiger partial charge in [-0.05, 0) is 49.9 Å². The van der Waals surface area contributed by atoms with E-state index in [1.165, 1.54) is 10.5 Å². The van der Waals surface area contributed by atoms with Crippen molar-refractivity contribution in [2.24, 2.45) is 0 Å². The molecule has 0 aliphatic carbocycles. The highest BCUT2D eigenvalue weighted by atomic mass is 16.2. The molecule has 0 saturated carbocycles. The van der Waals surface area contributed by atoms with Gasteiger partial charge in [-0.15, -0.1) is 0 Å². The van der Waals surface area contributed by atoms with Gasteiger partial charge in [0.15, 0.2) is 0 Å². The lowest BCUT2D eigenvalue weighted by Gasteiger charge is -2.35. The van der Waals surface area contributed by atoms with Crippen LogP contribution < -0.4 is 0 Å². The molecule has 3 amide bonds. The molecule has 2 heterocycles. The lowest BCUT2D eigenvalue weighted by molar-refractivity contribution is -0.141. The Morgan fingerprint density at radius 2 is 1.61 bits per heavy atom. The van der Waals surface area contributed by atoms with Crippen LogP contribution in [0.1, 0.15) is 47.2 Å². The monoisotopic (exact) mass is 314 g/mol. The smallest absolute Gasteiger partial charge is 0.253 e. The Kier molecular flexibility index (Phi) is 4.20. The molecule has 23 heavy (non-hydrogen) atoms. The van der Waals surface area contributed by atoms with Crippen molar-refractivity contribution >= 4 is 17.7 Å². The zero-order chi connectivity index (χ0) is 16.6. The Balaban J connectivity index is 1.64. The minimum Gasteiger partial charge on any atom is -0.338 e. The van der Waals surface area contributed by atoms with Crippen LogP contribution in [0.5, 0.6) is 0 Å². The van der Waals surface area contributed by atoms with Gasteiger partial charge < -0.3 is 4.90 Å². The van der Waals surface area contributed by atoms with Crippen LogP contribution in [0.15, 0.2) is 18.2 Å². The first-order valence-corrected chi connectivity index (χ1v) is 8.19. The highest BCUT2D eigenvalue weighted by Gasteiger charge is 2.37. The van der Waals surface area contributed by atoms with Gasteiger partial charge in [-0.1, -0.05) is 6.07 Å². The normalized spacial score (nSPS) is 19.6. The molecule has 2 fully saturated rings. The first-order valence-electron chi connectivity index (χ1n) is 8.19. The molecule has 5 heteroatoms. The second-order valence-electron chi connectivity index (χ2n) is 6.48. The van der Waals surface area contributed by atoms with E-state index < -0.39 is 0 Å². The average Bonchev–Trinajstić information content (AvgIpc) is 2.88. The number of rotatable bonds is 2. The molecule has 3 rings (SSSR count). The van der Waals surface area contributed by atoms with E-state index in [9.17, 15) is 14.4 Å². The largest absolute Gasteiger partial charge is 0.338 e. The number of imide groups is 1. The molecule has 1 aromatic rings. The van der Waals surface area contributed by atoms with Crippen molar-refractivity contribution in [2.45, 2.75) is 45.6 Å². The summed E-state index contributed by atoms with van der Waals surface area (Å²) in [7, 11) is 0. The fraction of sp³-hybridized carbons (Fsp3) is 0.500. The molecular formula is C18H22N2O3. The number of aryl methyl sites for hydroxylation is 2. The third-order valence-corrected chi connectivity index (χ3v) is 4.96. The summed E-state index contributed by atoms with van der Waals surface area (Å²) in [4.78, 5) is 39.5. The standard InChI is InChI=1S/C18H22N2O3/c1-12-3-4-14(11-13(12)2)18(23)19-9-7-15(8-10-19)20-16(21)5-6-17(20)22/h3-4,11,15H,5-10H2,1-2H3. The Morgan fingerprint density at radius 3 is 2.17 bits per heavy atom. The second kappa shape index (κ2) is 6.14. The third-order valence-electron chi connectivity index (χ3n) is 4.96. The number of benzene rings is 1. The van der Waals surface area contributed by atoms with Crippen molar-refractivity contribution in [3.63, 3.8) is 0 Å². The summed E-state index contributed by atoms with van der Waals surface area (Å²) in [6.07, 6.45) is 2.02. The molecule has 2 aliphatic rings. The summed E-state index contributed by atoms with van der Waals surface area (Å²) in [5.41, 5.74) is 2.99. The number of piperidine rings is 1. The van der Waals surface area contributed by atoms with Crippen molar-refractivity contribution in [3.8, 4) is 0 Å². The Labute approximate surface area is 136 Å². The number of likely N-dealkylation sites (tertiary alicyclic amines) is 2. The van der Waals surface area contributed by atoms with Gasteiger partial charge in [0.2, 0.25) is 11.8 Å². The van der Waals surface area contributed by atoms with Crippen LogP contribution in [0.25, 0.3) is 0 Å². The molecular weight excluding hydrogens is 292 g/mol. The SMILES string of the molecule is Cc1ccc(C(=O)N2CCC(N3C(=O)CCC3=O)CC2)cc1C. The lowest BCUT2D eigenvalue weighted by atomic mass is 10.0. The summed E-state index contributed by atoms with van der Waals surface area (Å²) in [6.45, 7) is 5.21. The van der Waals surface area contributed by atoms with Crippen molar-refractivity contribution in [1.29, 1.82) is 0 Å². The summed E-state index contributed by atoms with van der Waals surface area (Å²) in [6, 6.07) is 5.72. The van der Waals surface area contributed by atoms with Crippen LogP contribution in [-0.2, 0) is 9.59 Å². The number of hydrogen-bond donors (Lipinski definition) is 0. The number of carbonyl (C=O) groups excluding carboxylic acids is 3. The summed E-state index contributed by atoms with van der Waals surface area (Å²) in [5.74, 6) is -0.0894. The third kappa shape index (κ3) is 3.00. The minimum absolute atomic E-state index is 0.0330. The van der Waals surface area contributed by atoms with Crippen LogP contribution in [0.4, 0.5) is 0 Å². The van der Waals surface area contributed by atoms with Gasteiger partial charge in [-0.3, -0.25) is 19.3 Å². The maximum Gasteiger partial charge on any atom is 0.253 e. The summed E-state index contributed by atoms with van der Waals surface area (Å²) < 4.78 is 0. The van der Waals surface area contributed by atoms with Gasteiger partial charge in [-0.25, -0.2) is 0 Å². The van der Waals surface area contributed by atoms with Crippen molar-refractivity contribution in [3.05, 3.63) is 34.9 Å². The summed E-state index contributed by atoms with van der Waals surface area (Å²) in [5, 5.41) is 0. The highest BCUT2D eigenvalue weighted by Crippen LogP contribution is 2.24. The Hall–Kier alpha value is -2.17. The molecule has 0 atom stereocenters. The van der Waals surface area contributed by atoms with E-state index in [-0.39, 0.29) is 23.8 Å². The van der Waals surface area contributed by atoms with E-state index in [0.717, 1.165) is 5.56 Å². The van der Waals surface area contributed by atoms with E-state index in [1.54, 1.807) is 0 Å². The number of nitrogens with zero attached hydrogens (tertiary/aromatic N) is 2. The van der Waals surface area contributed by atoms with Crippen molar-refractivity contribution < 1.29 is 14.4 Å².